The highest BCUT2D eigenvalue weighted by atomic mass is 19.4. The van der Waals surface area contributed by atoms with Crippen molar-refractivity contribution in [3.63, 3.8) is 0 Å². The molecule has 0 amide bonds. The average Bonchev–Trinajstić information content (AvgIpc) is 2.33. The van der Waals surface area contributed by atoms with Crippen LogP contribution in [0.3, 0.4) is 0 Å². The summed E-state index contributed by atoms with van der Waals surface area (Å²) in [6.45, 7) is 0.218. The SMILES string of the molecule is C#CCCCOc1ccc(CN)cc1C(F)(F)F. The molecule has 0 saturated carbocycles. The predicted molar refractivity (Wildman–Crippen MR) is 62.9 cm³/mol. The van der Waals surface area contributed by atoms with E-state index >= 15 is 0 Å². The minimum absolute atomic E-state index is 0.0560. The lowest BCUT2D eigenvalue weighted by Crippen LogP contribution is -2.11. The van der Waals surface area contributed by atoms with Crippen LogP contribution in [0.4, 0.5) is 13.2 Å². The van der Waals surface area contributed by atoms with Gasteiger partial charge in [-0.2, -0.15) is 13.2 Å². The average molecular weight is 257 g/mol. The number of ether oxygens (including phenoxy) is 1. The van der Waals surface area contributed by atoms with Crippen LogP contribution in [-0.4, -0.2) is 6.61 Å². The number of rotatable bonds is 5. The highest BCUT2D eigenvalue weighted by Gasteiger charge is 2.34. The summed E-state index contributed by atoms with van der Waals surface area (Å²) in [5.41, 5.74) is 4.94. The maximum Gasteiger partial charge on any atom is 0.419 e. The molecule has 0 heterocycles. The van der Waals surface area contributed by atoms with Gasteiger partial charge in [0, 0.05) is 13.0 Å². The molecule has 0 fully saturated rings. The van der Waals surface area contributed by atoms with Gasteiger partial charge < -0.3 is 10.5 Å². The third-order valence-electron chi connectivity index (χ3n) is 2.31. The van der Waals surface area contributed by atoms with Crippen LogP contribution in [-0.2, 0) is 12.7 Å². The second-order valence-electron chi connectivity index (χ2n) is 3.69. The molecule has 0 aliphatic rings. The largest absolute Gasteiger partial charge is 0.493 e. The van der Waals surface area contributed by atoms with E-state index in [2.05, 4.69) is 5.92 Å². The van der Waals surface area contributed by atoms with E-state index in [-0.39, 0.29) is 18.9 Å². The summed E-state index contributed by atoms with van der Waals surface area (Å²) in [5, 5.41) is 0. The van der Waals surface area contributed by atoms with Crippen molar-refractivity contribution in [1.29, 1.82) is 0 Å². The van der Waals surface area contributed by atoms with Crippen LogP contribution in [0.5, 0.6) is 5.75 Å². The van der Waals surface area contributed by atoms with Gasteiger partial charge in [0.25, 0.3) is 0 Å². The minimum atomic E-state index is -4.45. The number of terminal acetylenes is 1. The number of hydrogen-bond donors (Lipinski definition) is 1. The summed E-state index contributed by atoms with van der Waals surface area (Å²) in [7, 11) is 0. The first-order valence-electron chi connectivity index (χ1n) is 5.45. The molecular weight excluding hydrogens is 243 g/mol. The zero-order valence-corrected chi connectivity index (χ0v) is 9.76. The van der Waals surface area contributed by atoms with Gasteiger partial charge in [-0.05, 0) is 24.1 Å². The molecule has 0 aromatic heterocycles. The van der Waals surface area contributed by atoms with Gasteiger partial charge in [0.2, 0.25) is 0 Å². The Morgan fingerprint density at radius 3 is 2.61 bits per heavy atom. The molecule has 0 aliphatic carbocycles. The number of halogens is 3. The van der Waals surface area contributed by atoms with Crippen LogP contribution in [0, 0.1) is 12.3 Å². The molecule has 0 spiro atoms. The third-order valence-corrected chi connectivity index (χ3v) is 2.31. The van der Waals surface area contributed by atoms with Gasteiger partial charge in [0.15, 0.2) is 0 Å². The Balaban J connectivity index is 2.86. The van der Waals surface area contributed by atoms with E-state index in [9.17, 15) is 13.2 Å². The fourth-order valence-electron chi connectivity index (χ4n) is 1.41. The summed E-state index contributed by atoms with van der Waals surface area (Å²) < 4.78 is 43.5. The fraction of sp³-hybridized carbons (Fsp3) is 0.385. The molecule has 1 aromatic carbocycles. The molecule has 18 heavy (non-hydrogen) atoms. The Hall–Kier alpha value is -1.67. The second-order valence-corrected chi connectivity index (χ2v) is 3.69. The van der Waals surface area contributed by atoms with Gasteiger partial charge in [-0.25, -0.2) is 0 Å². The van der Waals surface area contributed by atoms with Crippen molar-refractivity contribution >= 4 is 0 Å². The fourth-order valence-corrected chi connectivity index (χ4v) is 1.41. The first-order valence-corrected chi connectivity index (χ1v) is 5.45. The molecule has 0 saturated heterocycles. The van der Waals surface area contributed by atoms with Crippen molar-refractivity contribution < 1.29 is 17.9 Å². The lowest BCUT2D eigenvalue weighted by molar-refractivity contribution is -0.139. The molecule has 0 aliphatic heterocycles. The van der Waals surface area contributed by atoms with Crippen LogP contribution in [0.15, 0.2) is 18.2 Å². The van der Waals surface area contributed by atoms with Gasteiger partial charge in [-0.15, -0.1) is 12.3 Å². The number of nitrogens with two attached hydrogens (primary N) is 1. The molecule has 0 unspecified atom stereocenters. The summed E-state index contributed by atoms with van der Waals surface area (Å²) in [6.07, 6.45) is 1.59. The Kier molecular flexibility index (Phi) is 5.05. The van der Waals surface area contributed by atoms with E-state index in [1.54, 1.807) is 0 Å². The van der Waals surface area contributed by atoms with Crippen LogP contribution < -0.4 is 10.5 Å². The second kappa shape index (κ2) is 6.31. The van der Waals surface area contributed by atoms with Crippen LogP contribution in [0.25, 0.3) is 0 Å². The van der Waals surface area contributed by atoms with Gasteiger partial charge >= 0.3 is 6.18 Å². The van der Waals surface area contributed by atoms with Crippen molar-refractivity contribution in [2.45, 2.75) is 25.6 Å². The highest BCUT2D eigenvalue weighted by molar-refractivity contribution is 5.39. The van der Waals surface area contributed by atoms with Crippen LogP contribution >= 0.6 is 0 Å². The summed E-state index contributed by atoms with van der Waals surface area (Å²) >= 11 is 0. The van der Waals surface area contributed by atoms with Gasteiger partial charge in [-0.1, -0.05) is 6.07 Å². The van der Waals surface area contributed by atoms with E-state index in [0.29, 0.717) is 18.4 Å². The smallest absolute Gasteiger partial charge is 0.419 e. The maximum atomic E-state index is 12.8. The molecular formula is C13H14F3NO. The Morgan fingerprint density at radius 1 is 1.33 bits per heavy atom. The number of unbranched alkanes of at least 4 members (excludes halogenated alkanes) is 1. The topological polar surface area (TPSA) is 35.2 Å². The summed E-state index contributed by atoms with van der Waals surface area (Å²) in [5.74, 6) is 2.21. The minimum Gasteiger partial charge on any atom is -0.493 e. The molecule has 2 nitrogen and oxygen atoms in total. The Morgan fingerprint density at radius 2 is 2.06 bits per heavy atom. The van der Waals surface area contributed by atoms with Gasteiger partial charge in [0.1, 0.15) is 5.75 Å². The zero-order chi connectivity index (χ0) is 13.6. The van der Waals surface area contributed by atoms with Crippen LogP contribution in [0.1, 0.15) is 24.0 Å². The quantitative estimate of drug-likeness (QED) is 0.650. The molecule has 2 N–H and O–H groups in total. The van der Waals surface area contributed by atoms with E-state index in [0.717, 1.165) is 6.07 Å². The zero-order valence-electron chi connectivity index (χ0n) is 9.76. The summed E-state index contributed by atoms with van der Waals surface area (Å²) in [4.78, 5) is 0. The monoisotopic (exact) mass is 257 g/mol. The third kappa shape index (κ3) is 3.97. The molecule has 0 radical (unpaired) electrons. The molecule has 98 valence electrons. The predicted octanol–water partition coefficient (Wildman–Crippen LogP) is 2.96. The molecule has 0 bridgehead atoms. The first-order chi connectivity index (χ1) is 8.49. The van der Waals surface area contributed by atoms with Crippen molar-refractivity contribution in [2.75, 3.05) is 6.61 Å². The van der Waals surface area contributed by atoms with Crippen molar-refractivity contribution in [1.82, 2.24) is 0 Å². The standard InChI is InChI=1S/C13H14F3NO/c1-2-3-4-7-18-12-6-5-10(9-17)8-11(12)13(14,15)16/h1,5-6,8H,3-4,7,9,17H2. The van der Waals surface area contributed by atoms with Gasteiger partial charge in [0.05, 0.1) is 12.2 Å². The van der Waals surface area contributed by atoms with Crippen molar-refractivity contribution in [3.05, 3.63) is 29.3 Å². The molecule has 1 rings (SSSR count). The van der Waals surface area contributed by atoms with Gasteiger partial charge in [-0.3, -0.25) is 0 Å². The maximum absolute atomic E-state index is 12.8. The summed E-state index contributed by atoms with van der Waals surface area (Å²) in [6, 6.07) is 3.82. The lowest BCUT2D eigenvalue weighted by Gasteiger charge is -2.14. The number of hydrogen-bond acceptors (Lipinski definition) is 2. The normalized spacial score (nSPS) is 11.1. The first kappa shape index (κ1) is 14.4. The van der Waals surface area contributed by atoms with Crippen molar-refractivity contribution in [3.8, 4) is 18.1 Å². The number of alkyl halides is 3. The Labute approximate surface area is 104 Å². The van der Waals surface area contributed by atoms with E-state index in [1.807, 2.05) is 0 Å². The molecule has 1 aromatic rings. The van der Waals surface area contributed by atoms with Crippen LogP contribution in [0.2, 0.25) is 0 Å². The van der Waals surface area contributed by atoms with E-state index in [4.69, 9.17) is 16.9 Å². The Bertz CT molecular complexity index is 435. The molecule has 5 heteroatoms. The number of benzene rings is 1. The molecule has 0 atom stereocenters. The van der Waals surface area contributed by atoms with E-state index in [1.165, 1.54) is 12.1 Å². The highest BCUT2D eigenvalue weighted by Crippen LogP contribution is 2.36. The lowest BCUT2D eigenvalue weighted by atomic mass is 10.1. The van der Waals surface area contributed by atoms with Crippen molar-refractivity contribution in [2.24, 2.45) is 5.73 Å². The van der Waals surface area contributed by atoms with E-state index < -0.39 is 11.7 Å².